The van der Waals surface area contributed by atoms with Crippen molar-refractivity contribution in [1.82, 2.24) is 15.2 Å². The SMILES string of the molecule is CCOc1ccc(-c2nc(CC(=O)N(C)CCNC)cs2)cc1. The van der Waals surface area contributed by atoms with E-state index < -0.39 is 0 Å². The van der Waals surface area contributed by atoms with Gasteiger partial charge in [-0.3, -0.25) is 4.79 Å². The Morgan fingerprint density at radius 2 is 2.09 bits per heavy atom. The number of hydrogen-bond donors (Lipinski definition) is 1. The number of ether oxygens (including phenoxy) is 1. The summed E-state index contributed by atoms with van der Waals surface area (Å²) in [5.74, 6) is 0.943. The number of hydrogen-bond acceptors (Lipinski definition) is 5. The summed E-state index contributed by atoms with van der Waals surface area (Å²) in [6.07, 6.45) is 0.341. The molecule has 6 heteroatoms. The lowest BCUT2D eigenvalue weighted by Crippen LogP contribution is -2.33. The molecule has 0 bridgehead atoms. The Morgan fingerprint density at radius 3 is 2.74 bits per heavy atom. The van der Waals surface area contributed by atoms with Crippen molar-refractivity contribution in [2.45, 2.75) is 13.3 Å². The Hall–Kier alpha value is -1.92. The largest absolute Gasteiger partial charge is 0.494 e. The smallest absolute Gasteiger partial charge is 0.228 e. The van der Waals surface area contributed by atoms with Gasteiger partial charge in [0.05, 0.1) is 18.7 Å². The van der Waals surface area contributed by atoms with Crippen LogP contribution in [0.5, 0.6) is 5.75 Å². The zero-order chi connectivity index (χ0) is 16.7. The molecule has 23 heavy (non-hydrogen) atoms. The maximum Gasteiger partial charge on any atom is 0.228 e. The molecule has 0 saturated carbocycles. The number of benzene rings is 1. The molecule has 2 rings (SSSR count). The second kappa shape index (κ2) is 8.64. The summed E-state index contributed by atoms with van der Waals surface area (Å²) < 4.78 is 5.44. The van der Waals surface area contributed by atoms with Gasteiger partial charge in [-0.15, -0.1) is 11.3 Å². The number of nitrogens with zero attached hydrogens (tertiary/aromatic N) is 2. The Labute approximate surface area is 141 Å². The number of amides is 1. The van der Waals surface area contributed by atoms with Crippen LogP contribution >= 0.6 is 11.3 Å². The molecule has 2 aromatic rings. The summed E-state index contributed by atoms with van der Waals surface area (Å²) in [6, 6.07) is 7.87. The van der Waals surface area contributed by atoms with Gasteiger partial charge >= 0.3 is 0 Å². The van der Waals surface area contributed by atoms with Crippen LogP contribution in [0.1, 0.15) is 12.6 Å². The van der Waals surface area contributed by atoms with Crippen molar-refractivity contribution in [3.8, 4) is 16.3 Å². The van der Waals surface area contributed by atoms with Crippen molar-refractivity contribution < 1.29 is 9.53 Å². The molecule has 1 N–H and O–H groups in total. The van der Waals surface area contributed by atoms with E-state index in [0.29, 0.717) is 19.6 Å². The molecule has 0 aliphatic rings. The minimum atomic E-state index is 0.0868. The van der Waals surface area contributed by atoms with Gasteiger partial charge in [-0.2, -0.15) is 0 Å². The van der Waals surface area contributed by atoms with Gasteiger partial charge in [0.15, 0.2) is 0 Å². The second-order valence-corrected chi connectivity index (χ2v) is 6.06. The lowest BCUT2D eigenvalue weighted by molar-refractivity contribution is -0.129. The maximum atomic E-state index is 12.1. The standard InChI is InChI=1S/C17H23N3O2S/c1-4-22-15-7-5-13(6-8-15)17-19-14(12-23-17)11-16(21)20(3)10-9-18-2/h5-8,12,18H,4,9-11H2,1-3H3. The monoisotopic (exact) mass is 333 g/mol. The first-order valence-electron chi connectivity index (χ1n) is 7.70. The van der Waals surface area contributed by atoms with E-state index in [2.05, 4.69) is 10.3 Å². The van der Waals surface area contributed by atoms with Crippen LogP contribution in [-0.2, 0) is 11.2 Å². The van der Waals surface area contributed by atoms with E-state index in [-0.39, 0.29) is 5.91 Å². The van der Waals surface area contributed by atoms with Gasteiger partial charge in [-0.1, -0.05) is 0 Å². The van der Waals surface area contributed by atoms with Gasteiger partial charge in [-0.05, 0) is 38.2 Å². The number of thiazole rings is 1. The average Bonchev–Trinajstić information content (AvgIpc) is 3.02. The third-order valence-electron chi connectivity index (χ3n) is 3.42. The van der Waals surface area contributed by atoms with E-state index in [1.807, 2.05) is 50.7 Å². The minimum Gasteiger partial charge on any atom is -0.494 e. The number of rotatable bonds is 8. The predicted molar refractivity (Wildman–Crippen MR) is 94.0 cm³/mol. The highest BCUT2D eigenvalue weighted by Crippen LogP contribution is 2.26. The molecule has 0 aliphatic heterocycles. The highest BCUT2D eigenvalue weighted by molar-refractivity contribution is 7.13. The van der Waals surface area contributed by atoms with Crippen LogP contribution in [0.3, 0.4) is 0 Å². The summed E-state index contributed by atoms with van der Waals surface area (Å²) in [4.78, 5) is 18.4. The number of aromatic nitrogens is 1. The van der Waals surface area contributed by atoms with Gasteiger partial charge in [0.1, 0.15) is 10.8 Å². The van der Waals surface area contributed by atoms with Crippen LogP contribution < -0.4 is 10.1 Å². The van der Waals surface area contributed by atoms with Crippen molar-refractivity contribution in [2.75, 3.05) is 33.8 Å². The lowest BCUT2D eigenvalue weighted by Gasteiger charge is -2.16. The van der Waals surface area contributed by atoms with Crippen LogP contribution in [0.4, 0.5) is 0 Å². The van der Waals surface area contributed by atoms with E-state index >= 15 is 0 Å². The van der Waals surface area contributed by atoms with E-state index in [9.17, 15) is 4.79 Å². The number of carbonyl (C=O) groups is 1. The van der Waals surface area contributed by atoms with E-state index in [4.69, 9.17) is 4.74 Å². The lowest BCUT2D eigenvalue weighted by atomic mass is 10.2. The molecule has 0 saturated heterocycles. The van der Waals surface area contributed by atoms with Crippen molar-refractivity contribution >= 4 is 17.2 Å². The molecule has 0 aliphatic carbocycles. The molecule has 1 aromatic heterocycles. The number of nitrogens with one attached hydrogen (secondary N) is 1. The first kappa shape index (κ1) is 17.4. The summed E-state index contributed by atoms with van der Waals surface area (Å²) >= 11 is 1.56. The molecule has 124 valence electrons. The summed E-state index contributed by atoms with van der Waals surface area (Å²) in [5, 5.41) is 5.92. The molecule has 0 atom stereocenters. The first-order valence-corrected chi connectivity index (χ1v) is 8.58. The Bertz CT molecular complexity index is 625. The first-order chi connectivity index (χ1) is 11.1. The zero-order valence-corrected chi connectivity index (χ0v) is 14.7. The van der Waals surface area contributed by atoms with Gasteiger partial charge in [0.25, 0.3) is 0 Å². The van der Waals surface area contributed by atoms with Gasteiger partial charge < -0.3 is 15.0 Å². The molecule has 5 nitrogen and oxygen atoms in total. The molecular formula is C17H23N3O2S. The average molecular weight is 333 g/mol. The van der Waals surface area contributed by atoms with Gasteiger partial charge in [0.2, 0.25) is 5.91 Å². The molecule has 0 spiro atoms. The molecule has 1 aromatic carbocycles. The molecule has 0 radical (unpaired) electrons. The highest BCUT2D eigenvalue weighted by atomic mass is 32.1. The molecule has 0 fully saturated rings. The highest BCUT2D eigenvalue weighted by Gasteiger charge is 2.12. The van der Waals surface area contributed by atoms with E-state index in [0.717, 1.165) is 28.6 Å². The summed E-state index contributed by atoms with van der Waals surface area (Å²) in [7, 11) is 3.70. The predicted octanol–water partition coefficient (Wildman–Crippen LogP) is 2.43. The van der Waals surface area contributed by atoms with Crippen LogP contribution in [-0.4, -0.2) is 49.6 Å². The molecule has 1 heterocycles. The fourth-order valence-corrected chi connectivity index (χ4v) is 2.90. The fourth-order valence-electron chi connectivity index (χ4n) is 2.08. The van der Waals surface area contributed by atoms with Crippen molar-refractivity contribution in [1.29, 1.82) is 0 Å². The normalized spacial score (nSPS) is 10.6. The minimum absolute atomic E-state index is 0.0868. The van der Waals surface area contributed by atoms with E-state index in [1.165, 1.54) is 0 Å². The summed E-state index contributed by atoms with van der Waals surface area (Å²) in [5.41, 5.74) is 1.86. The van der Waals surface area contributed by atoms with Crippen molar-refractivity contribution in [2.24, 2.45) is 0 Å². The number of likely N-dealkylation sites (N-methyl/N-ethyl adjacent to an activating group) is 2. The molecule has 1 amide bonds. The van der Waals surface area contributed by atoms with Crippen LogP contribution in [0.15, 0.2) is 29.6 Å². The van der Waals surface area contributed by atoms with Gasteiger partial charge in [0, 0.05) is 31.1 Å². The second-order valence-electron chi connectivity index (χ2n) is 5.20. The maximum absolute atomic E-state index is 12.1. The van der Waals surface area contributed by atoms with Crippen molar-refractivity contribution in [3.63, 3.8) is 0 Å². The zero-order valence-electron chi connectivity index (χ0n) is 13.8. The Balaban J connectivity index is 1.98. The molecular weight excluding hydrogens is 310 g/mol. The quantitative estimate of drug-likeness (QED) is 0.806. The fraction of sp³-hybridized carbons (Fsp3) is 0.412. The van der Waals surface area contributed by atoms with E-state index in [1.54, 1.807) is 16.2 Å². The topological polar surface area (TPSA) is 54.5 Å². The Morgan fingerprint density at radius 1 is 1.35 bits per heavy atom. The Kier molecular flexibility index (Phi) is 6.55. The molecule has 0 unspecified atom stereocenters. The van der Waals surface area contributed by atoms with Crippen LogP contribution in [0, 0.1) is 0 Å². The number of carbonyl (C=O) groups excluding carboxylic acids is 1. The summed E-state index contributed by atoms with van der Waals surface area (Å²) in [6.45, 7) is 4.11. The third kappa shape index (κ3) is 5.04. The van der Waals surface area contributed by atoms with Crippen molar-refractivity contribution in [3.05, 3.63) is 35.3 Å². The van der Waals surface area contributed by atoms with Crippen LogP contribution in [0.2, 0.25) is 0 Å². The van der Waals surface area contributed by atoms with Crippen LogP contribution in [0.25, 0.3) is 10.6 Å². The third-order valence-corrected chi connectivity index (χ3v) is 4.36. The van der Waals surface area contributed by atoms with Gasteiger partial charge in [-0.25, -0.2) is 4.98 Å².